The van der Waals surface area contributed by atoms with E-state index < -0.39 is 16.4 Å². The summed E-state index contributed by atoms with van der Waals surface area (Å²) in [5, 5.41) is 7.62. The summed E-state index contributed by atoms with van der Waals surface area (Å²) in [6, 6.07) is 12.4. The standard InChI is InChI=1S/C26H31ClF2N6O3S/c1-34(2)39(36,37)23-7-5-4-6-22(23)32-25-21(27)15-31-26(33-25)35(38-3)20-13-10-17-8-11-19(30-16-24(28)29)12-9-18(17)14-20/h4-7,10,13-15,19,24,30H,8-9,11-12,16H2,1-3H3,(H,31,32,33). The van der Waals surface area contributed by atoms with Crippen LogP contribution in [0.3, 0.4) is 0 Å². The number of benzene rings is 2. The number of rotatable bonds is 10. The lowest BCUT2D eigenvalue weighted by molar-refractivity contribution is 0.140. The van der Waals surface area contributed by atoms with Crippen LogP contribution in [0.1, 0.15) is 24.0 Å². The predicted octanol–water partition coefficient (Wildman–Crippen LogP) is 4.93. The van der Waals surface area contributed by atoms with Gasteiger partial charge in [-0.05, 0) is 61.1 Å². The maximum Gasteiger partial charge on any atom is 0.256 e. The highest BCUT2D eigenvalue weighted by Crippen LogP contribution is 2.33. The minimum absolute atomic E-state index is 0.0285. The molecule has 0 aliphatic heterocycles. The summed E-state index contributed by atoms with van der Waals surface area (Å²) in [6.07, 6.45) is 2.08. The number of nitrogens with one attached hydrogen (secondary N) is 2. The summed E-state index contributed by atoms with van der Waals surface area (Å²) in [4.78, 5) is 14.5. The molecule has 0 radical (unpaired) electrons. The summed E-state index contributed by atoms with van der Waals surface area (Å²) < 4.78 is 52.0. The predicted molar refractivity (Wildman–Crippen MR) is 148 cm³/mol. The van der Waals surface area contributed by atoms with Gasteiger partial charge in [0.15, 0.2) is 5.82 Å². The molecule has 9 nitrogen and oxygen atoms in total. The zero-order valence-corrected chi connectivity index (χ0v) is 23.4. The Balaban J connectivity index is 1.59. The highest BCUT2D eigenvalue weighted by molar-refractivity contribution is 7.89. The third-order valence-electron chi connectivity index (χ3n) is 6.50. The first-order valence-electron chi connectivity index (χ1n) is 12.4. The summed E-state index contributed by atoms with van der Waals surface area (Å²) in [5.74, 6) is 0.384. The van der Waals surface area contributed by atoms with Crippen LogP contribution in [0.2, 0.25) is 5.02 Å². The largest absolute Gasteiger partial charge is 0.338 e. The average molecular weight is 581 g/mol. The maximum atomic E-state index is 12.8. The molecule has 1 aliphatic carbocycles. The highest BCUT2D eigenvalue weighted by Gasteiger charge is 2.23. The van der Waals surface area contributed by atoms with E-state index in [0.29, 0.717) is 11.4 Å². The third kappa shape index (κ3) is 6.82. The van der Waals surface area contributed by atoms with Gasteiger partial charge in [-0.15, -0.1) is 0 Å². The minimum Gasteiger partial charge on any atom is -0.338 e. The molecule has 0 saturated carbocycles. The van der Waals surface area contributed by atoms with E-state index in [9.17, 15) is 17.2 Å². The lowest BCUT2D eigenvalue weighted by Crippen LogP contribution is -2.33. The summed E-state index contributed by atoms with van der Waals surface area (Å²) in [6.45, 7) is -0.306. The Morgan fingerprint density at radius 2 is 1.85 bits per heavy atom. The lowest BCUT2D eigenvalue weighted by atomic mass is 10.0. The van der Waals surface area contributed by atoms with Crippen molar-refractivity contribution < 1.29 is 22.0 Å². The van der Waals surface area contributed by atoms with Gasteiger partial charge in [0, 0.05) is 20.1 Å². The van der Waals surface area contributed by atoms with Crippen LogP contribution in [0.5, 0.6) is 0 Å². The van der Waals surface area contributed by atoms with Crippen LogP contribution < -0.4 is 15.7 Å². The first-order chi connectivity index (χ1) is 18.6. The van der Waals surface area contributed by atoms with Crippen LogP contribution in [-0.2, 0) is 27.7 Å². The lowest BCUT2D eigenvalue weighted by Gasteiger charge is -2.22. The average Bonchev–Trinajstić information content (AvgIpc) is 3.12. The molecule has 0 saturated heterocycles. The number of para-hydroxylation sites is 1. The van der Waals surface area contributed by atoms with Crippen molar-refractivity contribution in [2.45, 2.75) is 43.0 Å². The van der Waals surface area contributed by atoms with Gasteiger partial charge < -0.3 is 10.6 Å². The Hall–Kier alpha value is -2.90. The fourth-order valence-corrected chi connectivity index (χ4v) is 5.62. The van der Waals surface area contributed by atoms with Gasteiger partial charge in [0.1, 0.15) is 9.92 Å². The fraction of sp³-hybridized carbons (Fsp3) is 0.385. The summed E-state index contributed by atoms with van der Waals surface area (Å²) in [5.41, 5.74) is 3.25. The number of hydrogen-bond acceptors (Lipinski definition) is 8. The highest BCUT2D eigenvalue weighted by atomic mass is 35.5. The number of anilines is 4. The number of nitrogens with zero attached hydrogens (tertiary/aromatic N) is 4. The molecule has 4 rings (SSSR count). The van der Waals surface area contributed by atoms with Crippen LogP contribution >= 0.6 is 11.6 Å². The van der Waals surface area contributed by atoms with Gasteiger partial charge in [-0.3, -0.25) is 4.84 Å². The monoisotopic (exact) mass is 580 g/mol. The van der Waals surface area contributed by atoms with Gasteiger partial charge in [-0.1, -0.05) is 29.8 Å². The topological polar surface area (TPSA) is 99.7 Å². The molecule has 0 spiro atoms. The smallest absolute Gasteiger partial charge is 0.256 e. The Labute approximate surface area is 232 Å². The van der Waals surface area contributed by atoms with E-state index in [0.717, 1.165) is 41.1 Å². The molecule has 13 heteroatoms. The van der Waals surface area contributed by atoms with Crippen molar-refractivity contribution in [3.8, 4) is 0 Å². The minimum atomic E-state index is -3.73. The number of fused-ring (bicyclic) bond motifs is 1. The molecule has 1 unspecified atom stereocenters. The van der Waals surface area contributed by atoms with Gasteiger partial charge in [-0.25, -0.2) is 26.5 Å². The summed E-state index contributed by atoms with van der Waals surface area (Å²) >= 11 is 6.38. The van der Waals surface area contributed by atoms with E-state index in [1.54, 1.807) is 18.2 Å². The van der Waals surface area contributed by atoms with Gasteiger partial charge >= 0.3 is 0 Å². The van der Waals surface area contributed by atoms with E-state index in [2.05, 4.69) is 20.6 Å². The second-order valence-electron chi connectivity index (χ2n) is 9.28. The van der Waals surface area contributed by atoms with Crippen LogP contribution in [0.15, 0.2) is 53.6 Å². The van der Waals surface area contributed by atoms with Gasteiger partial charge in [0.25, 0.3) is 12.4 Å². The zero-order chi connectivity index (χ0) is 28.2. The number of aromatic nitrogens is 2. The van der Waals surface area contributed by atoms with Crippen LogP contribution in [0.4, 0.5) is 31.9 Å². The summed E-state index contributed by atoms with van der Waals surface area (Å²) in [7, 11) is 0.670. The van der Waals surface area contributed by atoms with Crippen molar-refractivity contribution >= 4 is 44.8 Å². The SMILES string of the molecule is CON(c1ccc2c(c1)CCC(NCC(F)F)CC2)c1ncc(Cl)c(Nc2ccccc2S(=O)(=O)N(C)C)n1. The van der Waals surface area contributed by atoms with Crippen molar-refractivity contribution in [3.05, 3.63) is 64.8 Å². The van der Waals surface area contributed by atoms with Crippen molar-refractivity contribution in [3.63, 3.8) is 0 Å². The quantitative estimate of drug-likeness (QED) is 0.257. The number of halogens is 3. The molecule has 2 N–H and O–H groups in total. The molecule has 1 aromatic heterocycles. The second-order valence-corrected chi connectivity index (χ2v) is 11.8. The van der Waals surface area contributed by atoms with Crippen LogP contribution in [-0.4, -0.2) is 62.9 Å². The van der Waals surface area contributed by atoms with Crippen molar-refractivity contribution in [1.82, 2.24) is 19.6 Å². The first-order valence-corrected chi connectivity index (χ1v) is 14.2. The molecule has 39 heavy (non-hydrogen) atoms. The normalized spacial score (nSPS) is 15.7. The molecule has 1 atom stereocenters. The van der Waals surface area contributed by atoms with Crippen LogP contribution in [0, 0.1) is 0 Å². The fourth-order valence-electron chi connectivity index (χ4n) is 4.44. The van der Waals surface area contributed by atoms with Crippen molar-refractivity contribution in [1.29, 1.82) is 0 Å². The number of hydrogen-bond donors (Lipinski definition) is 2. The van der Waals surface area contributed by atoms with E-state index >= 15 is 0 Å². The Morgan fingerprint density at radius 3 is 2.54 bits per heavy atom. The Kier molecular flexibility index (Phi) is 9.34. The molecule has 0 fully saturated rings. The molecule has 1 heterocycles. The number of sulfonamides is 1. The Morgan fingerprint density at radius 1 is 1.13 bits per heavy atom. The van der Waals surface area contributed by atoms with E-state index in [4.69, 9.17) is 16.4 Å². The van der Waals surface area contributed by atoms with Gasteiger partial charge in [0.05, 0.1) is 31.2 Å². The van der Waals surface area contributed by atoms with E-state index in [-0.39, 0.29) is 34.3 Å². The van der Waals surface area contributed by atoms with Crippen molar-refractivity contribution in [2.24, 2.45) is 0 Å². The molecule has 210 valence electrons. The van der Waals surface area contributed by atoms with Gasteiger partial charge in [0.2, 0.25) is 10.0 Å². The number of aryl methyl sites for hydroxylation is 2. The number of alkyl halides is 2. The Bertz CT molecular complexity index is 1410. The molecule has 1 aliphatic rings. The molecule has 2 aromatic carbocycles. The van der Waals surface area contributed by atoms with Crippen molar-refractivity contribution in [2.75, 3.05) is 38.1 Å². The molecular formula is C26H31ClF2N6O3S. The third-order valence-corrected chi connectivity index (χ3v) is 8.65. The van der Waals surface area contributed by atoms with Gasteiger partial charge in [-0.2, -0.15) is 10.0 Å². The van der Waals surface area contributed by atoms with E-state index in [1.165, 1.54) is 38.5 Å². The maximum absolute atomic E-state index is 12.8. The molecule has 0 amide bonds. The molecule has 0 bridgehead atoms. The van der Waals surface area contributed by atoms with E-state index in [1.807, 2.05) is 18.2 Å². The molecular weight excluding hydrogens is 550 g/mol. The first kappa shape index (κ1) is 29.1. The zero-order valence-electron chi connectivity index (χ0n) is 21.9. The molecule has 3 aromatic rings. The second kappa shape index (κ2) is 12.5. The van der Waals surface area contributed by atoms with Crippen LogP contribution in [0.25, 0.3) is 0 Å².